The molecular formula is C11H8Cl2FN3O. The highest BCUT2D eigenvalue weighted by molar-refractivity contribution is 6.31. The van der Waals surface area contributed by atoms with Crippen LogP contribution in [0.4, 0.5) is 10.3 Å². The summed E-state index contributed by atoms with van der Waals surface area (Å²) in [6.07, 6.45) is 1.36. The standard InChI is InChI=1S/C11H8Cl2FN3O/c1-15-11-16-5-7(13)10(17-11)18-8-4-2-3-6(12)9(8)14/h2-5H,1H3,(H,15,16,17). The lowest BCUT2D eigenvalue weighted by Gasteiger charge is -2.08. The van der Waals surface area contributed by atoms with E-state index in [0.29, 0.717) is 5.95 Å². The lowest BCUT2D eigenvalue weighted by molar-refractivity contribution is 0.427. The fourth-order valence-electron chi connectivity index (χ4n) is 1.21. The van der Waals surface area contributed by atoms with Crippen molar-refractivity contribution in [2.75, 3.05) is 12.4 Å². The largest absolute Gasteiger partial charge is 0.434 e. The van der Waals surface area contributed by atoms with Gasteiger partial charge in [0, 0.05) is 7.05 Å². The van der Waals surface area contributed by atoms with Gasteiger partial charge in [-0.1, -0.05) is 29.3 Å². The summed E-state index contributed by atoms with van der Waals surface area (Å²) in [5.41, 5.74) is 0. The van der Waals surface area contributed by atoms with Crippen molar-refractivity contribution in [2.45, 2.75) is 0 Å². The van der Waals surface area contributed by atoms with Gasteiger partial charge in [-0.15, -0.1) is 0 Å². The first kappa shape index (κ1) is 12.9. The molecular weight excluding hydrogens is 280 g/mol. The van der Waals surface area contributed by atoms with Crippen molar-refractivity contribution in [1.82, 2.24) is 9.97 Å². The van der Waals surface area contributed by atoms with Crippen LogP contribution in [0.2, 0.25) is 10.0 Å². The molecule has 1 N–H and O–H groups in total. The Morgan fingerprint density at radius 3 is 2.78 bits per heavy atom. The first-order valence-corrected chi connectivity index (χ1v) is 5.69. The lowest BCUT2D eigenvalue weighted by Crippen LogP contribution is -1.99. The maximum atomic E-state index is 13.6. The van der Waals surface area contributed by atoms with Crippen LogP contribution in [-0.2, 0) is 0 Å². The molecule has 0 spiro atoms. The first-order chi connectivity index (χ1) is 8.61. The Kier molecular flexibility index (Phi) is 3.84. The van der Waals surface area contributed by atoms with Crippen LogP contribution in [0.1, 0.15) is 0 Å². The molecule has 0 saturated carbocycles. The van der Waals surface area contributed by atoms with Gasteiger partial charge in [-0.2, -0.15) is 4.98 Å². The summed E-state index contributed by atoms with van der Waals surface area (Å²) in [6, 6.07) is 4.41. The van der Waals surface area contributed by atoms with Gasteiger partial charge in [-0.3, -0.25) is 0 Å². The Hall–Kier alpha value is -1.59. The molecule has 0 radical (unpaired) electrons. The highest BCUT2D eigenvalue weighted by atomic mass is 35.5. The molecule has 0 bridgehead atoms. The van der Waals surface area contributed by atoms with Crippen LogP contribution in [0, 0.1) is 5.82 Å². The van der Waals surface area contributed by atoms with Gasteiger partial charge in [0.25, 0.3) is 0 Å². The predicted octanol–water partition coefficient (Wildman–Crippen LogP) is 3.76. The van der Waals surface area contributed by atoms with E-state index in [1.54, 1.807) is 13.1 Å². The van der Waals surface area contributed by atoms with Crippen LogP contribution in [0.3, 0.4) is 0 Å². The van der Waals surface area contributed by atoms with Crippen molar-refractivity contribution < 1.29 is 9.13 Å². The number of nitrogens with zero attached hydrogens (tertiary/aromatic N) is 2. The van der Waals surface area contributed by atoms with Gasteiger partial charge in [-0.05, 0) is 12.1 Å². The maximum Gasteiger partial charge on any atom is 0.243 e. The van der Waals surface area contributed by atoms with Crippen LogP contribution >= 0.6 is 23.2 Å². The zero-order valence-electron chi connectivity index (χ0n) is 9.25. The Labute approximate surface area is 113 Å². The number of rotatable bonds is 3. The summed E-state index contributed by atoms with van der Waals surface area (Å²) < 4.78 is 18.9. The van der Waals surface area contributed by atoms with E-state index < -0.39 is 5.82 Å². The Balaban J connectivity index is 2.36. The normalized spacial score (nSPS) is 10.2. The van der Waals surface area contributed by atoms with Crippen molar-refractivity contribution in [3.8, 4) is 11.6 Å². The zero-order valence-corrected chi connectivity index (χ0v) is 10.8. The smallest absolute Gasteiger partial charge is 0.243 e. The molecule has 0 aliphatic rings. The first-order valence-electron chi connectivity index (χ1n) is 4.94. The molecule has 0 aliphatic heterocycles. The minimum Gasteiger partial charge on any atom is -0.434 e. The molecule has 0 fully saturated rings. The topological polar surface area (TPSA) is 47.0 Å². The zero-order chi connectivity index (χ0) is 13.1. The second kappa shape index (κ2) is 5.37. The number of nitrogens with one attached hydrogen (secondary N) is 1. The van der Waals surface area contributed by atoms with E-state index in [1.165, 1.54) is 18.3 Å². The van der Waals surface area contributed by atoms with E-state index in [2.05, 4.69) is 15.3 Å². The average molecular weight is 288 g/mol. The van der Waals surface area contributed by atoms with Gasteiger partial charge in [0.1, 0.15) is 5.02 Å². The third kappa shape index (κ3) is 2.63. The quantitative estimate of drug-likeness (QED) is 0.934. The van der Waals surface area contributed by atoms with E-state index in [-0.39, 0.29) is 21.7 Å². The van der Waals surface area contributed by atoms with Gasteiger partial charge in [0.05, 0.1) is 11.2 Å². The molecule has 0 saturated heterocycles. The van der Waals surface area contributed by atoms with Crippen LogP contribution < -0.4 is 10.1 Å². The van der Waals surface area contributed by atoms with Gasteiger partial charge in [0.15, 0.2) is 11.6 Å². The predicted molar refractivity (Wildman–Crippen MR) is 68.1 cm³/mol. The molecule has 1 heterocycles. The molecule has 1 aromatic carbocycles. The number of hydrogen-bond acceptors (Lipinski definition) is 4. The summed E-state index contributed by atoms with van der Waals surface area (Å²) in [4.78, 5) is 7.86. The van der Waals surface area contributed by atoms with Crippen LogP contribution in [0.15, 0.2) is 24.4 Å². The highest BCUT2D eigenvalue weighted by Gasteiger charge is 2.12. The molecule has 0 amide bonds. The minimum atomic E-state index is -0.667. The van der Waals surface area contributed by atoms with E-state index >= 15 is 0 Å². The van der Waals surface area contributed by atoms with Gasteiger partial charge >= 0.3 is 0 Å². The number of ether oxygens (including phenoxy) is 1. The third-order valence-electron chi connectivity index (χ3n) is 2.06. The van der Waals surface area contributed by atoms with E-state index in [1.807, 2.05) is 0 Å². The number of aromatic nitrogens is 2. The monoisotopic (exact) mass is 287 g/mol. The summed E-state index contributed by atoms with van der Waals surface area (Å²) in [5, 5.41) is 2.86. The lowest BCUT2D eigenvalue weighted by atomic mass is 10.3. The van der Waals surface area contributed by atoms with Crippen molar-refractivity contribution >= 4 is 29.2 Å². The highest BCUT2D eigenvalue weighted by Crippen LogP contribution is 2.31. The number of halogens is 3. The van der Waals surface area contributed by atoms with E-state index in [9.17, 15) is 4.39 Å². The van der Waals surface area contributed by atoms with Crippen molar-refractivity contribution in [3.05, 3.63) is 40.3 Å². The molecule has 0 atom stereocenters. The van der Waals surface area contributed by atoms with Crippen LogP contribution in [-0.4, -0.2) is 17.0 Å². The van der Waals surface area contributed by atoms with Gasteiger partial charge in [-0.25, -0.2) is 9.37 Å². The fraction of sp³-hybridized carbons (Fsp3) is 0.0909. The molecule has 2 aromatic rings. The summed E-state index contributed by atoms with van der Waals surface area (Å²) >= 11 is 11.5. The van der Waals surface area contributed by atoms with Crippen molar-refractivity contribution in [2.24, 2.45) is 0 Å². The van der Waals surface area contributed by atoms with Gasteiger partial charge in [0.2, 0.25) is 11.8 Å². The minimum absolute atomic E-state index is 0.0356. The Bertz CT molecular complexity index is 580. The molecule has 0 unspecified atom stereocenters. The molecule has 0 aliphatic carbocycles. The van der Waals surface area contributed by atoms with Crippen LogP contribution in [0.25, 0.3) is 0 Å². The second-order valence-corrected chi connectivity index (χ2v) is 4.07. The van der Waals surface area contributed by atoms with Crippen LogP contribution in [0.5, 0.6) is 11.6 Å². The Morgan fingerprint density at radius 1 is 1.28 bits per heavy atom. The SMILES string of the molecule is CNc1ncc(Cl)c(Oc2cccc(Cl)c2F)n1. The van der Waals surface area contributed by atoms with Crippen molar-refractivity contribution in [1.29, 1.82) is 0 Å². The summed E-state index contributed by atoms with van der Waals surface area (Å²) in [6.45, 7) is 0. The number of anilines is 1. The van der Waals surface area contributed by atoms with E-state index in [4.69, 9.17) is 27.9 Å². The van der Waals surface area contributed by atoms with Gasteiger partial charge < -0.3 is 10.1 Å². The maximum absolute atomic E-state index is 13.6. The molecule has 1 aromatic heterocycles. The molecule has 2 rings (SSSR count). The summed E-state index contributed by atoms with van der Waals surface area (Å²) in [7, 11) is 1.65. The fourth-order valence-corrected chi connectivity index (χ4v) is 1.51. The van der Waals surface area contributed by atoms with E-state index in [0.717, 1.165) is 0 Å². The molecule has 94 valence electrons. The summed E-state index contributed by atoms with van der Waals surface area (Å²) in [5.74, 6) is -0.348. The number of hydrogen-bond donors (Lipinski definition) is 1. The molecule has 18 heavy (non-hydrogen) atoms. The molecule has 7 heteroatoms. The second-order valence-electron chi connectivity index (χ2n) is 3.25. The Morgan fingerprint density at radius 2 is 2.06 bits per heavy atom. The third-order valence-corrected chi connectivity index (χ3v) is 2.61. The molecule has 4 nitrogen and oxygen atoms in total. The number of benzene rings is 1. The van der Waals surface area contributed by atoms with Crippen molar-refractivity contribution in [3.63, 3.8) is 0 Å². The average Bonchev–Trinajstić information content (AvgIpc) is 2.37.